The van der Waals surface area contributed by atoms with Gasteiger partial charge in [0.05, 0.1) is 17.2 Å². The fraction of sp³-hybridized carbons (Fsp3) is 0.208. The van der Waals surface area contributed by atoms with Gasteiger partial charge >= 0.3 is 18.0 Å². The number of anilines is 2. The minimum absolute atomic E-state index is 0.112. The summed E-state index contributed by atoms with van der Waals surface area (Å²) >= 11 is 7.13. The van der Waals surface area contributed by atoms with Gasteiger partial charge in [0.2, 0.25) is 0 Å². The summed E-state index contributed by atoms with van der Waals surface area (Å²) in [6.45, 7) is 0.693. The number of primary amides is 1. The fourth-order valence-electron chi connectivity index (χ4n) is 3.78. The molecule has 4 amide bonds. The van der Waals surface area contributed by atoms with Gasteiger partial charge in [0, 0.05) is 34.3 Å². The topological polar surface area (TPSA) is 157 Å². The van der Waals surface area contributed by atoms with E-state index in [0.29, 0.717) is 35.0 Å². The Morgan fingerprint density at radius 3 is 2.46 bits per heavy atom. The number of ether oxygens (including phenoxy) is 1. The molecule has 4 N–H and O–H groups in total. The molecule has 1 saturated heterocycles. The average molecular weight is 544 g/mol. The molecular weight excluding hydrogens is 522 g/mol. The number of thiophene rings is 1. The first-order chi connectivity index (χ1) is 17.7. The first kappa shape index (κ1) is 25.9. The lowest BCUT2D eigenvalue weighted by molar-refractivity contribution is -0.384. The Hall–Kier alpha value is -4.16. The molecule has 192 valence electrons. The number of amides is 4. The van der Waals surface area contributed by atoms with Crippen molar-refractivity contribution in [2.45, 2.75) is 18.9 Å². The van der Waals surface area contributed by atoms with E-state index in [0.717, 1.165) is 16.9 Å². The normalized spacial score (nSPS) is 15.1. The number of nitrogens with one attached hydrogen (secondary N) is 2. The number of urea groups is 2. The zero-order chi connectivity index (χ0) is 26.5. The van der Waals surface area contributed by atoms with Crippen LogP contribution in [0.1, 0.15) is 22.5 Å². The van der Waals surface area contributed by atoms with Crippen molar-refractivity contribution in [2.24, 2.45) is 5.73 Å². The molecule has 1 aromatic heterocycles. The highest BCUT2D eigenvalue weighted by atomic mass is 35.5. The quantitative estimate of drug-likeness (QED) is 0.217. The van der Waals surface area contributed by atoms with Gasteiger partial charge in [0.25, 0.3) is 5.69 Å². The molecule has 4 rings (SSSR count). The van der Waals surface area contributed by atoms with Crippen molar-refractivity contribution in [1.82, 2.24) is 4.90 Å². The second-order valence-electron chi connectivity index (χ2n) is 8.20. The minimum Gasteiger partial charge on any atom is -0.456 e. The van der Waals surface area contributed by atoms with E-state index in [9.17, 15) is 24.5 Å². The van der Waals surface area contributed by atoms with Gasteiger partial charge in [-0.2, -0.15) is 0 Å². The highest BCUT2D eigenvalue weighted by Gasteiger charge is 2.28. The number of benzene rings is 2. The number of nitrogens with two attached hydrogens (primary N) is 1. The smallest absolute Gasteiger partial charge is 0.350 e. The number of likely N-dealkylation sites (tertiary alicyclic amines) is 1. The number of piperidine rings is 1. The maximum Gasteiger partial charge on any atom is 0.350 e. The zero-order valence-electron chi connectivity index (χ0n) is 19.3. The van der Waals surface area contributed by atoms with Crippen LogP contribution in [0.4, 0.5) is 26.7 Å². The van der Waals surface area contributed by atoms with Gasteiger partial charge in [0.15, 0.2) is 0 Å². The molecule has 0 spiro atoms. The predicted octanol–water partition coefficient (Wildman–Crippen LogP) is 5.32. The van der Waals surface area contributed by atoms with Gasteiger partial charge < -0.3 is 26.0 Å². The average Bonchev–Trinajstić information content (AvgIpc) is 3.28. The van der Waals surface area contributed by atoms with Gasteiger partial charge in [-0.1, -0.05) is 23.7 Å². The summed E-state index contributed by atoms with van der Waals surface area (Å²) in [5.41, 5.74) is 6.59. The van der Waals surface area contributed by atoms with Crippen molar-refractivity contribution in [3.63, 3.8) is 0 Å². The third-order valence-corrected chi connectivity index (χ3v) is 7.01. The van der Waals surface area contributed by atoms with Crippen LogP contribution < -0.4 is 16.4 Å². The van der Waals surface area contributed by atoms with E-state index in [2.05, 4.69) is 10.6 Å². The number of hydrogen-bond donors (Lipinski definition) is 3. The first-order valence-corrected chi connectivity index (χ1v) is 12.4. The van der Waals surface area contributed by atoms with E-state index >= 15 is 0 Å². The SMILES string of the molecule is NC(=O)N1CCCC(OC(=O)c2sc(-c3ccc(Cl)cc3)cc2NC(=O)Nc2ccc([N+](=O)[O-])cc2)C1. The fourth-order valence-corrected chi connectivity index (χ4v) is 4.91. The van der Waals surface area contributed by atoms with Crippen molar-refractivity contribution in [1.29, 1.82) is 0 Å². The van der Waals surface area contributed by atoms with E-state index in [1.54, 1.807) is 30.3 Å². The van der Waals surface area contributed by atoms with Gasteiger partial charge in [-0.25, -0.2) is 14.4 Å². The Balaban J connectivity index is 1.54. The van der Waals surface area contributed by atoms with Crippen LogP contribution in [-0.2, 0) is 4.74 Å². The van der Waals surface area contributed by atoms with E-state index in [4.69, 9.17) is 22.1 Å². The molecule has 2 aromatic carbocycles. The molecule has 0 saturated carbocycles. The number of nitro benzene ring substituents is 1. The molecule has 0 bridgehead atoms. The number of rotatable bonds is 6. The molecule has 1 aliphatic heterocycles. The molecule has 1 unspecified atom stereocenters. The van der Waals surface area contributed by atoms with E-state index in [1.165, 1.54) is 29.2 Å². The second-order valence-corrected chi connectivity index (χ2v) is 9.69. The Bertz CT molecular complexity index is 1330. The van der Waals surface area contributed by atoms with Gasteiger partial charge in [-0.3, -0.25) is 10.1 Å². The molecule has 1 fully saturated rings. The van der Waals surface area contributed by atoms with E-state index < -0.39 is 29.1 Å². The third kappa shape index (κ3) is 6.54. The van der Waals surface area contributed by atoms with E-state index in [1.807, 2.05) is 0 Å². The monoisotopic (exact) mass is 543 g/mol. The molecule has 0 aliphatic carbocycles. The van der Waals surface area contributed by atoms with Crippen LogP contribution >= 0.6 is 22.9 Å². The van der Waals surface area contributed by atoms with Crippen molar-refractivity contribution < 1.29 is 24.0 Å². The molecular formula is C24H22ClN5O6S. The Morgan fingerprint density at radius 1 is 1.11 bits per heavy atom. The van der Waals surface area contributed by atoms with Crippen LogP contribution in [0, 0.1) is 10.1 Å². The number of nitro groups is 1. The molecule has 3 aromatic rings. The Morgan fingerprint density at radius 2 is 1.81 bits per heavy atom. The highest BCUT2D eigenvalue weighted by molar-refractivity contribution is 7.18. The van der Waals surface area contributed by atoms with Crippen LogP contribution in [-0.4, -0.2) is 47.0 Å². The molecule has 37 heavy (non-hydrogen) atoms. The number of nitrogens with zero attached hydrogens (tertiary/aromatic N) is 2. The number of carbonyl (C=O) groups is 3. The summed E-state index contributed by atoms with van der Waals surface area (Å²) in [6.07, 6.45) is 0.690. The highest BCUT2D eigenvalue weighted by Crippen LogP contribution is 2.36. The van der Waals surface area contributed by atoms with E-state index in [-0.39, 0.29) is 22.8 Å². The minimum atomic E-state index is -0.652. The first-order valence-electron chi connectivity index (χ1n) is 11.2. The van der Waals surface area contributed by atoms with Crippen molar-refractivity contribution in [2.75, 3.05) is 23.7 Å². The maximum absolute atomic E-state index is 13.1. The van der Waals surface area contributed by atoms with Crippen molar-refractivity contribution in [3.05, 3.63) is 74.6 Å². The van der Waals surface area contributed by atoms with Crippen molar-refractivity contribution in [3.8, 4) is 10.4 Å². The Labute approximate surface area is 220 Å². The van der Waals surface area contributed by atoms with Crippen LogP contribution in [0.5, 0.6) is 0 Å². The summed E-state index contributed by atoms with van der Waals surface area (Å²) in [5.74, 6) is -0.646. The standard InChI is InChI=1S/C24H22ClN5O6S/c25-15-5-3-14(4-6-15)20-12-19(28-24(33)27-16-7-9-17(10-8-16)30(34)35)21(37-20)22(31)36-18-2-1-11-29(13-18)23(26)32/h3-10,12,18H,1-2,11,13H2,(H2,26,32)(H2,27,28,33). The second kappa shape index (κ2) is 11.3. The summed E-state index contributed by atoms with van der Waals surface area (Å²) in [7, 11) is 0. The Kier molecular flexibility index (Phi) is 7.89. The number of non-ortho nitro benzene ring substituents is 1. The predicted molar refractivity (Wildman–Crippen MR) is 140 cm³/mol. The molecule has 2 heterocycles. The summed E-state index contributed by atoms with van der Waals surface area (Å²) in [5, 5.41) is 16.6. The van der Waals surface area contributed by atoms with Crippen LogP contribution in [0.25, 0.3) is 10.4 Å². The third-order valence-electron chi connectivity index (χ3n) is 5.59. The molecule has 1 atom stereocenters. The lowest BCUT2D eigenvalue weighted by Crippen LogP contribution is -2.46. The summed E-state index contributed by atoms with van der Waals surface area (Å²) in [4.78, 5) is 49.9. The largest absolute Gasteiger partial charge is 0.456 e. The number of esters is 1. The molecule has 1 aliphatic rings. The van der Waals surface area contributed by atoms with Gasteiger partial charge in [0.1, 0.15) is 11.0 Å². The maximum atomic E-state index is 13.1. The van der Waals surface area contributed by atoms with Crippen molar-refractivity contribution >= 4 is 58.0 Å². The molecule has 0 radical (unpaired) electrons. The van der Waals surface area contributed by atoms with Gasteiger partial charge in [-0.15, -0.1) is 11.3 Å². The number of hydrogen-bond acceptors (Lipinski definition) is 7. The molecule has 11 nitrogen and oxygen atoms in total. The lowest BCUT2D eigenvalue weighted by Gasteiger charge is -2.31. The van der Waals surface area contributed by atoms with Gasteiger partial charge in [-0.05, 0) is 48.7 Å². The summed E-state index contributed by atoms with van der Waals surface area (Å²) in [6, 6.07) is 12.7. The molecule has 13 heteroatoms. The summed E-state index contributed by atoms with van der Waals surface area (Å²) < 4.78 is 5.67. The van der Waals surface area contributed by atoms with Crippen LogP contribution in [0.2, 0.25) is 5.02 Å². The van der Waals surface area contributed by atoms with Crippen LogP contribution in [0.15, 0.2) is 54.6 Å². The lowest BCUT2D eigenvalue weighted by atomic mass is 10.1. The number of carbonyl (C=O) groups excluding carboxylic acids is 3. The zero-order valence-corrected chi connectivity index (χ0v) is 20.9. The number of halogens is 1. The van der Waals surface area contributed by atoms with Crippen LogP contribution in [0.3, 0.4) is 0 Å².